The van der Waals surface area contributed by atoms with Gasteiger partial charge >= 0.3 is 5.97 Å². The maximum atomic E-state index is 15.2. The van der Waals surface area contributed by atoms with Crippen molar-refractivity contribution >= 4 is 27.8 Å². The van der Waals surface area contributed by atoms with E-state index in [2.05, 4.69) is 9.62 Å². The standard InChI is InChI=1S/C25H28F2N2O5S/c1-4-29(5-2)10-6-7-15-11-17(26)8-9-21(15)35(31,32)28-23-20(27)13-19-18-12-16(18)14-34-24(19)22(23)25(30)33-3/h6-9,11,13,16,18,28H,4-5,10,12,14H2,1-3H3. The lowest BCUT2D eigenvalue weighted by Crippen LogP contribution is -2.22. The van der Waals surface area contributed by atoms with E-state index >= 15 is 4.39 Å². The van der Waals surface area contributed by atoms with Gasteiger partial charge in [0, 0.05) is 18.0 Å². The molecule has 1 N–H and O–H groups in total. The van der Waals surface area contributed by atoms with Crippen molar-refractivity contribution in [2.75, 3.05) is 38.1 Å². The average Bonchev–Trinajstić information content (AvgIpc) is 3.62. The fraction of sp³-hybridized carbons (Fsp3) is 0.400. The van der Waals surface area contributed by atoms with E-state index in [0.717, 1.165) is 44.8 Å². The molecule has 4 rings (SSSR count). The molecule has 0 spiro atoms. The fourth-order valence-electron chi connectivity index (χ4n) is 4.38. The van der Waals surface area contributed by atoms with Gasteiger partial charge in [-0.25, -0.2) is 22.0 Å². The third kappa shape index (κ3) is 5.04. The van der Waals surface area contributed by atoms with Gasteiger partial charge in [-0.15, -0.1) is 0 Å². The molecule has 0 bridgehead atoms. The van der Waals surface area contributed by atoms with E-state index in [0.29, 0.717) is 18.7 Å². The van der Waals surface area contributed by atoms with Gasteiger partial charge < -0.3 is 14.4 Å². The van der Waals surface area contributed by atoms with Crippen LogP contribution in [0, 0.1) is 17.6 Å². The van der Waals surface area contributed by atoms with E-state index in [4.69, 9.17) is 9.47 Å². The van der Waals surface area contributed by atoms with Crippen LogP contribution in [0.25, 0.3) is 6.08 Å². The molecule has 1 aliphatic carbocycles. The minimum atomic E-state index is -4.42. The number of hydrogen-bond donors (Lipinski definition) is 1. The molecule has 0 aromatic heterocycles. The monoisotopic (exact) mass is 506 g/mol. The second-order valence-electron chi connectivity index (χ2n) is 8.61. The predicted molar refractivity (Wildman–Crippen MR) is 128 cm³/mol. The van der Waals surface area contributed by atoms with Crippen LogP contribution in [0.2, 0.25) is 0 Å². The Morgan fingerprint density at radius 3 is 2.69 bits per heavy atom. The summed E-state index contributed by atoms with van der Waals surface area (Å²) in [5.41, 5.74) is -0.238. The van der Waals surface area contributed by atoms with Crippen molar-refractivity contribution in [2.45, 2.75) is 31.1 Å². The van der Waals surface area contributed by atoms with E-state index < -0.39 is 33.3 Å². The highest BCUT2D eigenvalue weighted by molar-refractivity contribution is 7.92. The summed E-state index contributed by atoms with van der Waals surface area (Å²) in [6.45, 7) is 6.50. The number of anilines is 1. The Balaban J connectivity index is 1.74. The Hall–Kier alpha value is -2.98. The van der Waals surface area contributed by atoms with Gasteiger partial charge in [0.15, 0.2) is 0 Å². The molecular weight excluding hydrogens is 478 g/mol. The third-order valence-corrected chi connectivity index (χ3v) is 7.89. The largest absolute Gasteiger partial charge is 0.492 e. The summed E-state index contributed by atoms with van der Waals surface area (Å²) in [7, 11) is -3.30. The number of nitrogens with one attached hydrogen (secondary N) is 1. The first kappa shape index (κ1) is 25.1. The smallest absolute Gasteiger partial charge is 0.343 e. The lowest BCUT2D eigenvalue weighted by molar-refractivity contribution is 0.0595. The van der Waals surface area contributed by atoms with E-state index in [1.54, 1.807) is 6.08 Å². The first-order chi connectivity index (χ1) is 16.7. The molecule has 0 amide bonds. The molecule has 2 aromatic rings. The van der Waals surface area contributed by atoms with Gasteiger partial charge in [0.2, 0.25) is 0 Å². The first-order valence-electron chi connectivity index (χ1n) is 11.5. The van der Waals surface area contributed by atoms with Crippen molar-refractivity contribution in [1.82, 2.24) is 4.90 Å². The van der Waals surface area contributed by atoms with Crippen molar-refractivity contribution < 1.29 is 31.5 Å². The summed E-state index contributed by atoms with van der Waals surface area (Å²) in [5.74, 6) is -1.98. The van der Waals surface area contributed by atoms with Crippen molar-refractivity contribution in [3.8, 4) is 5.75 Å². The Labute approximate surface area is 203 Å². The molecule has 10 heteroatoms. The predicted octanol–water partition coefficient (Wildman–Crippen LogP) is 4.40. The number of sulfonamides is 1. The van der Waals surface area contributed by atoms with E-state index in [1.807, 2.05) is 13.8 Å². The number of hydrogen-bond acceptors (Lipinski definition) is 6. The normalized spacial score (nSPS) is 18.7. The molecule has 1 saturated carbocycles. The van der Waals surface area contributed by atoms with Crippen LogP contribution in [0.3, 0.4) is 0 Å². The molecule has 35 heavy (non-hydrogen) atoms. The number of rotatable bonds is 9. The topological polar surface area (TPSA) is 84.9 Å². The molecule has 2 atom stereocenters. The Morgan fingerprint density at radius 2 is 2.00 bits per heavy atom. The van der Waals surface area contributed by atoms with Gasteiger partial charge in [0.1, 0.15) is 28.6 Å². The molecule has 1 aliphatic heterocycles. The number of esters is 1. The highest BCUT2D eigenvalue weighted by Gasteiger charge is 2.46. The second-order valence-corrected chi connectivity index (χ2v) is 10.3. The number of carbonyl (C=O) groups is 1. The minimum Gasteiger partial charge on any atom is -0.492 e. The number of ether oxygens (including phenoxy) is 2. The number of methoxy groups -OCH3 is 1. The Kier molecular flexibility index (Phi) is 7.14. The number of fused-ring (bicyclic) bond motifs is 3. The van der Waals surface area contributed by atoms with E-state index in [1.165, 1.54) is 12.1 Å². The molecule has 2 aromatic carbocycles. The van der Waals surface area contributed by atoms with Crippen LogP contribution in [-0.4, -0.2) is 52.6 Å². The average molecular weight is 507 g/mol. The molecule has 2 aliphatic rings. The van der Waals surface area contributed by atoms with Crippen LogP contribution in [0.1, 0.15) is 47.7 Å². The third-order valence-electron chi connectivity index (χ3n) is 6.47. The van der Waals surface area contributed by atoms with Crippen LogP contribution in [-0.2, 0) is 14.8 Å². The van der Waals surface area contributed by atoms with Crippen molar-refractivity contribution in [1.29, 1.82) is 0 Å². The summed E-state index contributed by atoms with van der Waals surface area (Å²) in [4.78, 5) is 14.4. The van der Waals surface area contributed by atoms with Crippen LogP contribution >= 0.6 is 0 Å². The lowest BCUT2D eigenvalue weighted by atomic mass is 10.00. The van der Waals surface area contributed by atoms with Gasteiger partial charge in [0.05, 0.1) is 18.6 Å². The SMILES string of the molecule is CCN(CC)CC=Cc1cc(F)ccc1S(=O)(=O)Nc1c(F)cc2c(c1C(=O)OC)OCC1CC21. The molecular formula is C25H28F2N2O5S. The number of carbonyl (C=O) groups excluding carboxylic acids is 1. The summed E-state index contributed by atoms with van der Waals surface area (Å²) in [6, 6.07) is 4.42. The maximum absolute atomic E-state index is 15.2. The summed E-state index contributed by atoms with van der Waals surface area (Å²) >= 11 is 0. The molecule has 1 heterocycles. The minimum absolute atomic E-state index is 0.0713. The van der Waals surface area contributed by atoms with Crippen molar-refractivity contribution in [3.05, 3.63) is 58.7 Å². The highest BCUT2D eigenvalue weighted by Crippen LogP contribution is 2.56. The molecule has 188 valence electrons. The Bertz CT molecular complexity index is 1280. The Morgan fingerprint density at radius 1 is 1.26 bits per heavy atom. The summed E-state index contributed by atoms with van der Waals surface area (Å²) in [5, 5.41) is 0. The van der Waals surface area contributed by atoms with Gasteiger partial charge in [0.25, 0.3) is 10.0 Å². The number of nitrogens with zero attached hydrogens (tertiary/aromatic N) is 1. The fourth-order valence-corrected chi connectivity index (χ4v) is 5.64. The zero-order valence-electron chi connectivity index (χ0n) is 19.8. The molecule has 1 fully saturated rings. The van der Waals surface area contributed by atoms with Crippen LogP contribution in [0.15, 0.2) is 35.2 Å². The summed E-state index contributed by atoms with van der Waals surface area (Å²) < 4.78 is 68.7. The molecule has 7 nitrogen and oxygen atoms in total. The van der Waals surface area contributed by atoms with Gasteiger partial charge in [-0.2, -0.15) is 0 Å². The van der Waals surface area contributed by atoms with Crippen molar-refractivity contribution in [2.24, 2.45) is 5.92 Å². The second kappa shape index (κ2) is 9.94. The van der Waals surface area contributed by atoms with Crippen LogP contribution in [0.4, 0.5) is 14.5 Å². The summed E-state index contributed by atoms with van der Waals surface area (Å²) in [6.07, 6.45) is 4.06. The van der Waals surface area contributed by atoms with E-state index in [-0.39, 0.29) is 33.6 Å². The van der Waals surface area contributed by atoms with Crippen molar-refractivity contribution in [3.63, 3.8) is 0 Å². The number of benzene rings is 2. The first-order valence-corrected chi connectivity index (χ1v) is 13.0. The number of halogens is 2. The molecule has 0 radical (unpaired) electrons. The van der Waals surface area contributed by atoms with E-state index in [9.17, 15) is 17.6 Å². The van der Waals surface area contributed by atoms with Crippen LogP contribution < -0.4 is 9.46 Å². The maximum Gasteiger partial charge on any atom is 0.343 e. The molecule has 2 unspecified atom stereocenters. The van der Waals surface area contributed by atoms with Gasteiger partial charge in [-0.05, 0) is 55.3 Å². The zero-order chi connectivity index (χ0) is 25.3. The molecule has 0 saturated heterocycles. The quantitative estimate of drug-likeness (QED) is 0.508. The van der Waals surface area contributed by atoms with Gasteiger partial charge in [-0.1, -0.05) is 26.0 Å². The highest BCUT2D eigenvalue weighted by atomic mass is 32.2. The van der Waals surface area contributed by atoms with Crippen LogP contribution in [0.5, 0.6) is 5.75 Å². The zero-order valence-corrected chi connectivity index (χ0v) is 20.6. The number of likely N-dealkylation sites (N-methyl/N-ethyl adjacent to an activating group) is 1. The lowest BCUT2D eigenvalue weighted by Gasteiger charge is -2.22. The van der Waals surface area contributed by atoms with Gasteiger partial charge in [-0.3, -0.25) is 4.72 Å².